The average molecular weight is 260 g/mol. The van der Waals surface area contributed by atoms with Crippen molar-refractivity contribution in [3.63, 3.8) is 0 Å². The van der Waals surface area contributed by atoms with E-state index in [1.807, 2.05) is 0 Å². The first-order valence-electron chi connectivity index (χ1n) is 3.49. The van der Waals surface area contributed by atoms with Gasteiger partial charge in [0.2, 0.25) is 0 Å². The summed E-state index contributed by atoms with van der Waals surface area (Å²) in [6, 6.07) is 5.41. The van der Waals surface area contributed by atoms with Gasteiger partial charge in [0, 0.05) is 6.07 Å². The Morgan fingerprint density at radius 3 is 2.47 bits per heavy atom. The Balaban J connectivity index is 0.00000196. The molecule has 0 saturated carbocycles. The zero-order valence-electron chi connectivity index (χ0n) is 7.21. The van der Waals surface area contributed by atoms with Gasteiger partial charge in [-0.1, -0.05) is 6.07 Å². The molecule has 15 heavy (non-hydrogen) atoms. The van der Waals surface area contributed by atoms with E-state index in [9.17, 15) is 12.6 Å². The topological polar surface area (TPSA) is 80.7 Å². The fraction of sp³-hybridized carbons (Fsp3) is 0.143. The molecule has 0 amide bonds. The van der Waals surface area contributed by atoms with Gasteiger partial charge in [-0.05, 0) is 12.1 Å². The molecule has 1 atom stereocenters. The summed E-state index contributed by atoms with van der Waals surface area (Å²) >= 11 is -2.14. The minimum absolute atomic E-state index is 0. The Morgan fingerprint density at radius 2 is 2.00 bits per heavy atom. The van der Waals surface area contributed by atoms with E-state index in [2.05, 4.69) is 4.18 Å². The monoisotopic (exact) mass is 260 g/mol. The third-order valence-corrected chi connectivity index (χ3v) is 2.41. The van der Waals surface area contributed by atoms with Crippen molar-refractivity contribution in [2.45, 2.75) is 4.90 Å². The van der Waals surface area contributed by atoms with Gasteiger partial charge >= 0.3 is 39.7 Å². The van der Waals surface area contributed by atoms with Crippen LogP contribution in [0.5, 0.6) is 5.75 Å². The van der Waals surface area contributed by atoms with Gasteiger partial charge < -0.3 is 8.74 Å². The quantitative estimate of drug-likeness (QED) is 0.468. The normalized spacial score (nSPS) is 12.7. The maximum atomic E-state index is 10.7. The summed E-state index contributed by atoms with van der Waals surface area (Å²) in [4.78, 5) is 0.0890. The molecule has 0 aliphatic rings. The first-order chi connectivity index (χ1) is 6.38. The van der Waals surface area contributed by atoms with Gasteiger partial charge in [0.15, 0.2) is 11.1 Å². The predicted octanol–water partition coefficient (Wildman–Crippen LogP) is -0.0429. The summed E-state index contributed by atoms with van der Waals surface area (Å²) in [5.41, 5.74) is 0. The van der Waals surface area contributed by atoms with E-state index in [1.54, 1.807) is 0 Å². The average Bonchev–Trinajstić information content (AvgIpc) is 2.01. The van der Waals surface area contributed by atoms with Gasteiger partial charge in [0.05, 0.1) is 11.2 Å². The van der Waals surface area contributed by atoms with Crippen LogP contribution in [-0.2, 0) is 21.2 Å². The van der Waals surface area contributed by atoms with Gasteiger partial charge in [0.1, 0.15) is 5.75 Å². The van der Waals surface area contributed by atoms with Crippen LogP contribution >= 0.6 is 0 Å². The van der Waals surface area contributed by atoms with Crippen LogP contribution in [0.2, 0.25) is 0 Å². The van der Waals surface area contributed by atoms with Crippen LogP contribution in [0.1, 0.15) is 0 Å². The van der Waals surface area contributed by atoms with Crippen molar-refractivity contribution < 1.29 is 21.4 Å². The Labute approximate surface area is 113 Å². The van der Waals surface area contributed by atoms with Crippen molar-refractivity contribution in [2.75, 3.05) is 6.26 Å². The van der Waals surface area contributed by atoms with Gasteiger partial charge in [-0.15, -0.1) is 0 Å². The molecule has 0 saturated heterocycles. The minimum atomic E-state index is -3.60. The predicted molar refractivity (Wildman–Crippen MR) is 58.1 cm³/mol. The fourth-order valence-electron chi connectivity index (χ4n) is 0.809. The molecule has 0 bridgehead atoms. The molecule has 1 aromatic rings. The zero-order chi connectivity index (χ0) is 10.8. The second kappa shape index (κ2) is 5.97. The number of benzene rings is 1. The molecule has 0 aliphatic heterocycles. The molecular weight excluding hydrogens is 251 g/mol. The van der Waals surface area contributed by atoms with Crippen molar-refractivity contribution in [3.05, 3.63) is 24.3 Å². The SMILES string of the molecule is CS(=O)(=O)Oc1cccc(S(=O)O)c1.[NaH]. The maximum absolute atomic E-state index is 10.7. The van der Waals surface area contributed by atoms with Crippen LogP contribution < -0.4 is 4.18 Å². The molecule has 0 aromatic heterocycles. The summed E-state index contributed by atoms with van der Waals surface area (Å²) in [5.74, 6) is 0.0207. The Bertz CT molecular complexity index is 456. The first kappa shape index (κ1) is 15.1. The Kier molecular flexibility index (Phi) is 6.01. The van der Waals surface area contributed by atoms with E-state index in [0.717, 1.165) is 6.26 Å². The Morgan fingerprint density at radius 1 is 1.40 bits per heavy atom. The van der Waals surface area contributed by atoms with Crippen molar-refractivity contribution in [2.24, 2.45) is 0 Å². The van der Waals surface area contributed by atoms with Crippen LogP contribution in [-0.4, -0.2) is 53.0 Å². The van der Waals surface area contributed by atoms with Crippen LogP contribution in [0.25, 0.3) is 0 Å². The van der Waals surface area contributed by atoms with Crippen molar-refractivity contribution >= 4 is 50.8 Å². The number of hydrogen-bond donors (Lipinski definition) is 1. The molecule has 0 aliphatic carbocycles. The number of rotatable bonds is 3. The molecule has 1 rings (SSSR count). The third-order valence-electron chi connectivity index (χ3n) is 1.25. The van der Waals surface area contributed by atoms with E-state index in [4.69, 9.17) is 4.55 Å². The van der Waals surface area contributed by atoms with Gasteiger partial charge in [0.25, 0.3) is 0 Å². The van der Waals surface area contributed by atoms with Crippen molar-refractivity contribution in [1.29, 1.82) is 0 Å². The second-order valence-electron chi connectivity index (χ2n) is 2.51. The molecular formula is C7H9NaO5S2. The van der Waals surface area contributed by atoms with Crippen molar-refractivity contribution in [1.82, 2.24) is 0 Å². The number of hydrogen-bond acceptors (Lipinski definition) is 4. The summed E-state index contributed by atoms with van der Waals surface area (Å²) in [6.45, 7) is 0. The van der Waals surface area contributed by atoms with E-state index in [-0.39, 0.29) is 40.2 Å². The first-order valence-corrected chi connectivity index (χ1v) is 6.41. The molecule has 8 heteroatoms. The zero-order valence-corrected chi connectivity index (χ0v) is 8.84. The van der Waals surface area contributed by atoms with Gasteiger partial charge in [-0.25, -0.2) is 4.21 Å². The molecule has 0 heterocycles. The summed E-state index contributed by atoms with van der Waals surface area (Å²) in [5, 5.41) is 0. The van der Waals surface area contributed by atoms with E-state index >= 15 is 0 Å². The van der Waals surface area contributed by atoms with Crippen LogP contribution in [0.4, 0.5) is 0 Å². The Hall–Kier alpha value is 0.0800. The van der Waals surface area contributed by atoms with Gasteiger partial charge in [-0.2, -0.15) is 8.42 Å². The summed E-state index contributed by atoms with van der Waals surface area (Å²) in [7, 11) is -3.60. The molecule has 80 valence electrons. The summed E-state index contributed by atoms with van der Waals surface area (Å²) in [6.07, 6.45) is 0.898. The standard InChI is InChI=1S/C7H8O5S2.Na.H/c1-14(10,11)12-6-3-2-4-7(5-6)13(8)9;;/h2-5H,1H3,(H,8,9);;. The molecule has 1 aromatic carbocycles. The van der Waals surface area contributed by atoms with Crippen molar-refractivity contribution in [3.8, 4) is 5.75 Å². The fourth-order valence-corrected chi connectivity index (χ4v) is 1.67. The second-order valence-corrected chi connectivity index (χ2v) is 5.06. The molecule has 1 N–H and O–H groups in total. The molecule has 0 spiro atoms. The third kappa shape index (κ3) is 5.64. The van der Waals surface area contributed by atoms with Gasteiger partial charge in [-0.3, -0.25) is 0 Å². The summed E-state index contributed by atoms with van der Waals surface area (Å²) < 4.78 is 45.3. The molecule has 0 radical (unpaired) electrons. The molecule has 1 unspecified atom stereocenters. The van der Waals surface area contributed by atoms with Crippen LogP contribution in [0, 0.1) is 0 Å². The molecule has 5 nitrogen and oxygen atoms in total. The van der Waals surface area contributed by atoms with E-state index in [1.165, 1.54) is 24.3 Å². The van der Waals surface area contributed by atoms with Crippen LogP contribution in [0.15, 0.2) is 29.2 Å². The van der Waals surface area contributed by atoms with E-state index < -0.39 is 21.2 Å². The van der Waals surface area contributed by atoms with E-state index in [0.29, 0.717) is 0 Å². The van der Waals surface area contributed by atoms with Crippen LogP contribution in [0.3, 0.4) is 0 Å². The molecule has 0 fully saturated rings.